The molecule has 0 aliphatic rings. The van der Waals surface area contributed by atoms with Gasteiger partial charge in [-0.25, -0.2) is 4.98 Å². The summed E-state index contributed by atoms with van der Waals surface area (Å²) in [4.78, 5) is 28.8. The molecule has 0 aliphatic carbocycles. The number of aryl methyl sites for hydroxylation is 2. The average molecular weight is 366 g/mol. The Bertz CT molecular complexity index is 977. The molecule has 2 heterocycles. The van der Waals surface area contributed by atoms with Crippen molar-refractivity contribution in [2.45, 2.75) is 19.0 Å². The van der Waals surface area contributed by atoms with Crippen molar-refractivity contribution in [1.29, 1.82) is 0 Å². The molecular weight excluding hydrogens is 344 g/mol. The molecule has 1 aromatic carbocycles. The van der Waals surface area contributed by atoms with Crippen LogP contribution in [0, 0.1) is 0 Å². The average Bonchev–Trinajstić information content (AvgIpc) is 3.11. The van der Waals surface area contributed by atoms with Gasteiger partial charge in [0.1, 0.15) is 17.6 Å². The monoisotopic (exact) mass is 366 g/mol. The van der Waals surface area contributed by atoms with Gasteiger partial charge in [0, 0.05) is 50.2 Å². The first-order valence-corrected chi connectivity index (χ1v) is 8.65. The second-order valence-corrected chi connectivity index (χ2v) is 6.12. The fourth-order valence-electron chi connectivity index (χ4n) is 2.94. The van der Waals surface area contributed by atoms with Crippen LogP contribution in [0.4, 0.5) is 0 Å². The summed E-state index contributed by atoms with van der Waals surface area (Å²) < 4.78 is 8.83. The summed E-state index contributed by atoms with van der Waals surface area (Å²) in [5.74, 6) is 1.19. The van der Waals surface area contributed by atoms with Crippen LogP contribution < -0.4 is 15.6 Å². The number of nitrogens with one attached hydrogen (secondary N) is 1. The van der Waals surface area contributed by atoms with Crippen molar-refractivity contribution in [2.24, 2.45) is 7.05 Å². The summed E-state index contributed by atoms with van der Waals surface area (Å²) in [7, 11) is 3.47. The Morgan fingerprint density at radius 1 is 1.19 bits per heavy atom. The normalized spacial score (nSPS) is 11.8. The molecule has 27 heavy (non-hydrogen) atoms. The molecule has 0 fully saturated rings. The Morgan fingerprint density at radius 2 is 1.96 bits per heavy atom. The zero-order valence-corrected chi connectivity index (χ0v) is 15.3. The molecule has 0 radical (unpaired) electrons. The van der Waals surface area contributed by atoms with E-state index in [1.165, 1.54) is 10.6 Å². The molecule has 7 heteroatoms. The zero-order valence-electron chi connectivity index (χ0n) is 15.3. The van der Waals surface area contributed by atoms with Crippen LogP contribution in [0.3, 0.4) is 0 Å². The van der Waals surface area contributed by atoms with Gasteiger partial charge in [-0.05, 0) is 12.1 Å². The number of carbonyl (C=O) groups is 1. The van der Waals surface area contributed by atoms with E-state index in [-0.39, 0.29) is 17.9 Å². The molecule has 3 rings (SSSR count). The van der Waals surface area contributed by atoms with Gasteiger partial charge in [-0.1, -0.05) is 24.3 Å². The van der Waals surface area contributed by atoms with Gasteiger partial charge >= 0.3 is 0 Å². The van der Waals surface area contributed by atoms with Crippen molar-refractivity contribution in [3.8, 4) is 5.75 Å². The quantitative estimate of drug-likeness (QED) is 0.693. The smallest absolute Gasteiger partial charge is 0.250 e. The number of methoxy groups -OCH3 is 1. The van der Waals surface area contributed by atoms with E-state index in [0.29, 0.717) is 18.1 Å². The minimum absolute atomic E-state index is 0.129. The first-order valence-electron chi connectivity index (χ1n) is 8.65. The van der Waals surface area contributed by atoms with E-state index in [1.54, 1.807) is 31.6 Å². The minimum Gasteiger partial charge on any atom is -0.496 e. The van der Waals surface area contributed by atoms with Crippen molar-refractivity contribution in [3.05, 3.63) is 82.8 Å². The standard InChI is InChI=1S/C20H22N4O3/c1-23-14-11-21-20(23)19(15-7-3-4-8-16(15)27-2)22-17(25)10-13-24-12-6-5-9-18(24)26/h3-9,11-12,14,19H,10,13H2,1-2H3,(H,22,25). The van der Waals surface area contributed by atoms with Crippen LogP contribution in [0.25, 0.3) is 0 Å². The Kier molecular flexibility index (Phi) is 5.71. The molecule has 3 aromatic rings. The molecule has 0 aliphatic heterocycles. The van der Waals surface area contributed by atoms with Crippen LogP contribution in [-0.4, -0.2) is 27.1 Å². The molecule has 140 valence electrons. The van der Waals surface area contributed by atoms with E-state index in [4.69, 9.17) is 4.74 Å². The summed E-state index contributed by atoms with van der Waals surface area (Å²) in [5.41, 5.74) is 0.690. The second-order valence-electron chi connectivity index (χ2n) is 6.12. The van der Waals surface area contributed by atoms with E-state index in [0.717, 1.165) is 5.56 Å². The number of imidazole rings is 1. The maximum atomic E-state index is 12.6. The van der Waals surface area contributed by atoms with Gasteiger partial charge in [-0.15, -0.1) is 0 Å². The molecule has 1 N–H and O–H groups in total. The van der Waals surface area contributed by atoms with Crippen LogP contribution in [0.15, 0.2) is 65.8 Å². The van der Waals surface area contributed by atoms with Crippen molar-refractivity contribution < 1.29 is 9.53 Å². The summed E-state index contributed by atoms with van der Waals surface area (Å²) in [6.45, 7) is 0.310. The molecule has 0 spiro atoms. The van der Waals surface area contributed by atoms with Gasteiger partial charge in [0.15, 0.2) is 0 Å². The van der Waals surface area contributed by atoms with Crippen molar-refractivity contribution in [2.75, 3.05) is 7.11 Å². The number of pyridine rings is 1. The highest BCUT2D eigenvalue weighted by molar-refractivity contribution is 5.77. The van der Waals surface area contributed by atoms with Crippen LogP contribution in [0.5, 0.6) is 5.75 Å². The molecule has 0 bridgehead atoms. The van der Waals surface area contributed by atoms with Crippen molar-refractivity contribution in [1.82, 2.24) is 19.4 Å². The number of para-hydroxylation sites is 1. The number of benzene rings is 1. The summed E-state index contributed by atoms with van der Waals surface area (Å²) in [6.07, 6.45) is 5.37. The van der Waals surface area contributed by atoms with E-state index < -0.39 is 6.04 Å². The number of amides is 1. The Hall–Kier alpha value is -3.35. The predicted molar refractivity (Wildman–Crippen MR) is 102 cm³/mol. The van der Waals surface area contributed by atoms with E-state index in [2.05, 4.69) is 10.3 Å². The minimum atomic E-state index is -0.457. The first kappa shape index (κ1) is 18.4. The second kappa shape index (κ2) is 8.35. The summed E-state index contributed by atoms with van der Waals surface area (Å²) in [5, 5.41) is 3.02. The third kappa shape index (κ3) is 4.25. The number of rotatable bonds is 7. The van der Waals surface area contributed by atoms with Gasteiger partial charge in [-0.3, -0.25) is 9.59 Å². The number of aromatic nitrogens is 3. The van der Waals surface area contributed by atoms with Gasteiger partial charge in [0.05, 0.1) is 7.11 Å². The molecular formula is C20H22N4O3. The van der Waals surface area contributed by atoms with Crippen LogP contribution in [0.2, 0.25) is 0 Å². The molecule has 1 amide bonds. The molecule has 1 unspecified atom stereocenters. The fourth-order valence-corrected chi connectivity index (χ4v) is 2.94. The van der Waals surface area contributed by atoms with Gasteiger partial charge in [0.25, 0.3) is 5.56 Å². The third-order valence-electron chi connectivity index (χ3n) is 4.35. The third-order valence-corrected chi connectivity index (χ3v) is 4.35. The topological polar surface area (TPSA) is 78.2 Å². The SMILES string of the molecule is COc1ccccc1C(NC(=O)CCn1ccccc1=O)c1nccn1C. The summed E-state index contributed by atoms with van der Waals surface area (Å²) >= 11 is 0. The van der Waals surface area contributed by atoms with Crippen LogP contribution in [0.1, 0.15) is 23.9 Å². The Labute approximate surface area is 157 Å². The summed E-state index contributed by atoms with van der Waals surface area (Å²) in [6, 6.07) is 12.0. The molecule has 1 atom stereocenters. The van der Waals surface area contributed by atoms with Gasteiger partial charge in [-0.2, -0.15) is 0 Å². The lowest BCUT2D eigenvalue weighted by molar-refractivity contribution is -0.121. The maximum absolute atomic E-state index is 12.6. The van der Waals surface area contributed by atoms with Crippen molar-refractivity contribution in [3.63, 3.8) is 0 Å². The Balaban J connectivity index is 1.82. The number of hydrogen-bond acceptors (Lipinski definition) is 4. The highest BCUT2D eigenvalue weighted by Crippen LogP contribution is 2.29. The van der Waals surface area contributed by atoms with E-state index in [1.807, 2.05) is 42.1 Å². The largest absolute Gasteiger partial charge is 0.496 e. The van der Waals surface area contributed by atoms with E-state index >= 15 is 0 Å². The lowest BCUT2D eigenvalue weighted by Gasteiger charge is -2.21. The maximum Gasteiger partial charge on any atom is 0.250 e. The number of nitrogens with zero attached hydrogens (tertiary/aromatic N) is 3. The zero-order chi connectivity index (χ0) is 19.2. The van der Waals surface area contributed by atoms with E-state index in [9.17, 15) is 9.59 Å². The fraction of sp³-hybridized carbons (Fsp3) is 0.250. The van der Waals surface area contributed by atoms with Gasteiger partial charge < -0.3 is 19.2 Å². The number of carbonyl (C=O) groups excluding carboxylic acids is 1. The number of ether oxygens (including phenoxy) is 1. The van der Waals surface area contributed by atoms with Crippen molar-refractivity contribution >= 4 is 5.91 Å². The van der Waals surface area contributed by atoms with Crippen LogP contribution in [-0.2, 0) is 18.4 Å². The first-order chi connectivity index (χ1) is 13.1. The van der Waals surface area contributed by atoms with Gasteiger partial charge in [0.2, 0.25) is 5.91 Å². The molecule has 0 saturated heterocycles. The molecule has 7 nitrogen and oxygen atoms in total. The molecule has 2 aromatic heterocycles. The lowest BCUT2D eigenvalue weighted by Crippen LogP contribution is -2.32. The predicted octanol–water partition coefficient (Wildman–Crippen LogP) is 1.89. The highest BCUT2D eigenvalue weighted by atomic mass is 16.5. The molecule has 0 saturated carbocycles. The Morgan fingerprint density at radius 3 is 2.67 bits per heavy atom. The lowest BCUT2D eigenvalue weighted by atomic mass is 10.0. The number of hydrogen-bond donors (Lipinski definition) is 1. The van der Waals surface area contributed by atoms with Crippen LogP contribution >= 0.6 is 0 Å². The highest BCUT2D eigenvalue weighted by Gasteiger charge is 2.23.